The van der Waals surface area contributed by atoms with Crippen molar-refractivity contribution in [1.82, 2.24) is 9.88 Å². The summed E-state index contributed by atoms with van der Waals surface area (Å²) in [6.07, 6.45) is 2.41. The molecule has 1 unspecified atom stereocenters. The maximum absolute atomic E-state index is 11.8. The van der Waals surface area contributed by atoms with Crippen LogP contribution in [0.3, 0.4) is 0 Å². The highest BCUT2D eigenvalue weighted by molar-refractivity contribution is 5.83. The molecule has 1 amide bonds. The van der Waals surface area contributed by atoms with Crippen molar-refractivity contribution in [3.8, 4) is 0 Å². The first-order valence-electron chi connectivity index (χ1n) is 6.25. The number of carboxylic acids is 1. The Balaban J connectivity index is 2.08. The smallest absolute Gasteiger partial charge is 0.326 e. The zero-order chi connectivity index (χ0) is 15.6. The number of carboxylic acid groups (broad SMARTS) is 1. The lowest BCUT2D eigenvalue weighted by Crippen LogP contribution is -2.44. The average molecular weight is 295 g/mol. The summed E-state index contributed by atoms with van der Waals surface area (Å²) in [5, 5.41) is 22.0. The van der Waals surface area contributed by atoms with Crippen LogP contribution in [0.1, 0.15) is 12.8 Å². The minimum Gasteiger partial charge on any atom is -0.480 e. The van der Waals surface area contributed by atoms with Crippen molar-refractivity contribution in [2.75, 3.05) is 0 Å². The fourth-order valence-electron chi connectivity index (χ4n) is 1.93. The molecule has 1 aliphatic rings. The first-order valence-corrected chi connectivity index (χ1v) is 6.25. The molecule has 112 valence electrons. The highest BCUT2D eigenvalue weighted by Crippen LogP contribution is 2.32. The molecule has 0 bridgehead atoms. The molecule has 1 heterocycles. The van der Waals surface area contributed by atoms with Crippen LogP contribution in [0.5, 0.6) is 0 Å². The number of carbonyl (C=O) groups is 2. The quantitative estimate of drug-likeness (QED) is 0.548. The number of nitrogens with one attached hydrogen (secondary N) is 1. The maximum Gasteiger partial charge on any atom is 0.326 e. The van der Waals surface area contributed by atoms with Crippen LogP contribution < -0.4 is 10.9 Å². The van der Waals surface area contributed by atoms with Crippen molar-refractivity contribution in [3.05, 3.63) is 38.8 Å². The third kappa shape index (κ3) is 3.65. The van der Waals surface area contributed by atoms with E-state index in [1.807, 2.05) is 0 Å². The van der Waals surface area contributed by atoms with E-state index in [0.29, 0.717) is 0 Å². The van der Waals surface area contributed by atoms with Crippen LogP contribution in [0.15, 0.2) is 23.1 Å². The van der Waals surface area contributed by atoms with Crippen molar-refractivity contribution in [3.63, 3.8) is 0 Å². The van der Waals surface area contributed by atoms with Crippen LogP contribution in [-0.4, -0.2) is 32.5 Å². The predicted molar refractivity (Wildman–Crippen MR) is 69.6 cm³/mol. The molecule has 9 heteroatoms. The summed E-state index contributed by atoms with van der Waals surface area (Å²) in [5.74, 6) is -1.89. The van der Waals surface area contributed by atoms with E-state index in [1.165, 1.54) is 0 Å². The summed E-state index contributed by atoms with van der Waals surface area (Å²) in [4.78, 5) is 44.3. The molecule has 21 heavy (non-hydrogen) atoms. The van der Waals surface area contributed by atoms with Crippen LogP contribution >= 0.6 is 0 Å². The SMILES string of the molecule is O=C(Cn1cc([N+](=O)[O-])ccc1=O)NC(C(=O)O)C1CC1. The van der Waals surface area contributed by atoms with Gasteiger partial charge in [0.05, 0.1) is 11.1 Å². The topological polar surface area (TPSA) is 132 Å². The van der Waals surface area contributed by atoms with Gasteiger partial charge in [-0.25, -0.2) is 4.79 Å². The fourth-order valence-corrected chi connectivity index (χ4v) is 1.93. The lowest BCUT2D eigenvalue weighted by Gasteiger charge is -2.14. The van der Waals surface area contributed by atoms with Crippen LogP contribution in [0.25, 0.3) is 0 Å². The highest BCUT2D eigenvalue weighted by atomic mass is 16.6. The van der Waals surface area contributed by atoms with Crippen molar-refractivity contribution >= 4 is 17.6 Å². The zero-order valence-electron chi connectivity index (χ0n) is 10.9. The molecular formula is C12H13N3O6. The van der Waals surface area contributed by atoms with Crippen molar-refractivity contribution in [1.29, 1.82) is 0 Å². The second kappa shape index (κ2) is 5.73. The van der Waals surface area contributed by atoms with Crippen molar-refractivity contribution in [2.24, 2.45) is 5.92 Å². The molecular weight excluding hydrogens is 282 g/mol. The van der Waals surface area contributed by atoms with E-state index in [1.54, 1.807) is 0 Å². The van der Waals surface area contributed by atoms with Gasteiger partial charge in [-0.15, -0.1) is 0 Å². The molecule has 0 radical (unpaired) electrons. The molecule has 1 aromatic heterocycles. The Morgan fingerprint density at radius 1 is 1.48 bits per heavy atom. The zero-order valence-corrected chi connectivity index (χ0v) is 10.9. The molecule has 1 aromatic rings. The second-order valence-electron chi connectivity index (χ2n) is 4.83. The number of nitrogens with zero attached hydrogens (tertiary/aromatic N) is 2. The minimum absolute atomic E-state index is 0.0896. The number of nitro groups is 1. The Kier molecular flexibility index (Phi) is 4.01. The summed E-state index contributed by atoms with van der Waals surface area (Å²) in [6.45, 7) is -0.461. The Labute approximate surface area is 118 Å². The average Bonchev–Trinajstić information content (AvgIpc) is 3.22. The molecule has 1 fully saturated rings. The van der Waals surface area contributed by atoms with E-state index in [4.69, 9.17) is 5.11 Å². The first kappa shape index (κ1) is 14.7. The summed E-state index contributed by atoms with van der Waals surface area (Å²) in [7, 11) is 0. The van der Waals surface area contributed by atoms with E-state index in [9.17, 15) is 24.5 Å². The highest BCUT2D eigenvalue weighted by Gasteiger charge is 2.37. The van der Waals surface area contributed by atoms with Gasteiger partial charge in [-0.3, -0.25) is 24.3 Å². The van der Waals surface area contributed by atoms with Crippen LogP contribution in [0.2, 0.25) is 0 Å². The van der Waals surface area contributed by atoms with Gasteiger partial charge in [0.15, 0.2) is 0 Å². The van der Waals surface area contributed by atoms with Gasteiger partial charge in [0.1, 0.15) is 12.6 Å². The van der Waals surface area contributed by atoms with Crippen LogP contribution in [0, 0.1) is 16.0 Å². The molecule has 1 saturated carbocycles. The number of hydrogen-bond donors (Lipinski definition) is 2. The number of rotatable bonds is 6. The van der Waals surface area contributed by atoms with E-state index in [0.717, 1.165) is 35.7 Å². The minimum atomic E-state index is -1.13. The predicted octanol–water partition coefficient (Wildman–Crippen LogP) is -0.264. The van der Waals surface area contributed by atoms with Gasteiger partial charge in [-0.1, -0.05) is 0 Å². The number of pyridine rings is 1. The van der Waals surface area contributed by atoms with Crippen LogP contribution in [0.4, 0.5) is 5.69 Å². The maximum atomic E-state index is 11.8. The lowest BCUT2D eigenvalue weighted by molar-refractivity contribution is -0.385. The number of aromatic nitrogens is 1. The Bertz CT molecular complexity index is 649. The van der Waals surface area contributed by atoms with Gasteiger partial charge in [-0.2, -0.15) is 0 Å². The number of hydrogen-bond acceptors (Lipinski definition) is 5. The summed E-state index contributed by atoms with van der Waals surface area (Å²) in [6, 6.07) is 1.05. The van der Waals surface area contributed by atoms with Gasteiger partial charge < -0.3 is 10.4 Å². The molecule has 0 aromatic carbocycles. The van der Waals surface area contributed by atoms with E-state index in [-0.39, 0.29) is 11.6 Å². The number of amides is 1. The molecule has 0 aliphatic heterocycles. The third-order valence-electron chi connectivity index (χ3n) is 3.17. The Morgan fingerprint density at radius 3 is 2.67 bits per heavy atom. The monoisotopic (exact) mass is 295 g/mol. The largest absolute Gasteiger partial charge is 0.480 e. The standard InChI is InChI=1S/C12H13N3O6/c16-9(13-11(12(18)19)7-1-2-7)6-14-5-8(15(20)21)3-4-10(14)17/h3-5,7,11H,1-2,6H2,(H,13,16)(H,18,19). The summed E-state index contributed by atoms with van der Waals surface area (Å²) >= 11 is 0. The lowest BCUT2D eigenvalue weighted by atomic mass is 10.2. The Morgan fingerprint density at radius 2 is 2.14 bits per heavy atom. The molecule has 9 nitrogen and oxygen atoms in total. The summed E-state index contributed by atoms with van der Waals surface area (Å²) < 4.78 is 0.874. The van der Waals surface area contributed by atoms with Gasteiger partial charge in [0.25, 0.3) is 11.2 Å². The van der Waals surface area contributed by atoms with Gasteiger partial charge in [0, 0.05) is 12.1 Å². The summed E-state index contributed by atoms with van der Waals surface area (Å²) in [5.41, 5.74) is -0.895. The molecule has 1 aliphatic carbocycles. The molecule has 0 saturated heterocycles. The first-order chi connectivity index (χ1) is 9.88. The van der Waals surface area contributed by atoms with Gasteiger partial charge in [-0.05, 0) is 18.8 Å². The fraction of sp³-hybridized carbons (Fsp3) is 0.417. The van der Waals surface area contributed by atoms with Gasteiger partial charge in [0.2, 0.25) is 5.91 Å². The van der Waals surface area contributed by atoms with E-state index in [2.05, 4.69) is 5.32 Å². The Hall–Kier alpha value is -2.71. The van der Waals surface area contributed by atoms with E-state index < -0.39 is 34.9 Å². The molecule has 1 atom stereocenters. The van der Waals surface area contributed by atoms with Crippen molar-refractivity contribution in [2.45, 2.75) is 25.4 Å². The third-order valence-corrected chi connectivity index (χ3v) is 3.17. The van der Waals surface area contributed by atoms with E-state index >= 15 is 0 Å². The normalized spacial score (nSPS) is 15.2. The molecule has 0 spiro atoms. The van der Waals surface area contributed by atoms with Crippen molar-refractivity contribution < 1.29 is 19.6 Å². The van der Waals surface area contributed by atoms with Gasteiger partial charge >= 0.3 is 5.97 Å². The van der Waals surface area contributed by atoms with Crippen LogP contribution in [-0.2, 0) is 16.1 Å². The number of carbonyl (C=O) groups excluding carboxylic acids is 1. The molecule has 2 rings (SSSR count). The second-order valence-corrected chi connectivity index (χ2v) is 4.83. The number of aliphatic carboxylic acids is 1. The molecule has 2 N–H and O–H groups in total.